The Labute approximate surface area is 81.4 Å². The predicted molar refractivity (Wildman–Crippen MR) is 52.3 cm³/mol. The van der Waals surface area contributed by atoms with E-state index in [0.717, 1.165) is 19.5 Å². The van der Waals surface area contributed by atoms with Crippen LogP contribution < -0.4 is 10.5 Å². The van der Waals surface area contributed by atoms with Crippen molar-refractivity contribution < 1.29 is 5.11 Å². The average Bonchev–Trinajstić information content (AvgIpc) is 2.66. The standard InChI is InChI=1S/C9H13N3O2/c13-5-7-1-2-12(4-7)8-3-9(14)11-6-10-8/h3,6-7,13H,1-2,4-5H2,(H,10,11,14). The fraction of sp³-hybridized carbons (Fsp3) is 0.556. The smallest absolute Gasteiger partial charge is 0.252 e. The van der Waals surface area contributed by atoms with E-state index in [-0.39, 0.29) is 12.2 Å². The maximum atomic E-state index is 11.0. The minimum Gasteiger partial charge on any atom is -0.396 e. The van der Waals surface area contributed by atoms with Crippen molar-refractivity contribution in [2.45, 2.75) is 6.42 Å². The van der Waals surface area contributed by atoms with Gasteiger partial charge in [0.05, 0.1) is 6.33 Å². The molecule has 5 nitrogen and oxygen atoms in total. The molecule has 1 fully saturated rings. The summed E-state index contributed by atoms with van der Waals surface area (Å²) >= 11 is 0. The van der Waals surface area contributed by atoms with Crippen LogP contribution in [-0.2, 0) is 0 Å². The zero-order chi connectivity index (χ0) is 9.97. The number of hydrogen-bond acceptors (Lipinski definition) is 4. The van der Waals surface area contributed by atoms with E-state index < -0.39 is 0 Å². The minimum absolute atomic E-state index is 0.137. The summed E-state index contributed by atoms with van der Waals surface area (Å²) in [4.78, 5) is 19.6. The summed E-state index contributed by atoms with van der Waals surface area (Å²) in [7, 11) is 0. The van der Waals surface area contributed by atoms with Crippen LogP contribution in [0.1, 0.15) is 6.42 Å². The van der Waals surface area contributed by atoms with E-state index in [1.807, 2.05) is 4.90 Å². The maximum Gasteiger partial charge on any atom is 0.252 e. The average molecular weight is 195 g/mol. The number of hydrogen-bond donors (Lipinski definition) is 2. The Morgan fingerprint density at radius 2 is 2.57 bits per heavy atom. The van der Waals surface area contributed by atoms with E-state index in [2.05, 4.69) is 9.97 Å². The van der Waals surface area contributed by atoms with Crippen molar-refractivity contribution >= 4 is 5.82 Å². The van der Waals surface area contributed by atoms with Gasteiger partial charge in [0.25, 0.3) is 5.56 Å². The molecule has 1 atom stereocenters. The van der Waals surface area contributed by atoms with E-state index in [4.69, 9.17) is 5.11 Å². The number of aliphatic hydroxyl groups is 1. The first-order valence-corrected chi connectivity index (χ1v) is 4.70. The molecule has 1 aliphatic heterocycles. The van der Waals surface area contributed by atoms with Gasteiger partial charge in [0.1, 0.15) is 5.82 Å². The summed E-state index contributed by atoms with van der Waals surface area (Å²) in [6.07, 6.45) is 2.37. The molecule has 5 heteroatoms. The number of aromatic nitrogens is 2. The first-order chi connectivity index (χ1) is 6.79. The molecule has 2 N–H and O–H groups in total. The molecule has 0 spiro atoms. The molecule has 0 radical (unpaired) electrons. The Morgan fingerprint density at radius 1 is 1.71 bits per heavy atom. The highest BCUT2D eigenvalue weighted by Gasteiger charge is 2.22. The third kappa shape index (κ3) is 1.77. The van der Waals surface area contributed by atoms with Crippen LogP contribution >= 0.6 is 0 Å². The Morgan fingerprint density at radius 3 is 3.21 bits per heavy atom. The van der Waals surface area contributed by atoms with Crippen molar-refractivity contribution in [2.24, 2.45) is 5.92 Å². The largest absolute Gasteiger partial charge is 0.396 e. The molecule has 1 aliphatic rings. The monoisotopic (exact) mass is 195 g/mol. The third-order valence-electron chi connectivity index (χ3n) is 2.53. The fourth-order valence-electron chi connectivity index (χ4n) is 1.72. The van der Waals surface area contributed by atoms with Crippen molar-refractivity contribution in [3.63, 3.8) is 0 Å². The fourth-order valence-corrected chi connectivity index (χ4v) is 1.72. The first kappa shape index (κ1) is 9.21. The topological polar surface area (TPSA) is 69.2 Å². The molecule has 2 heterocycles. The second-order valence-corrected chi connectivity index (χ2v) is 3.55. The van der Waals surface area contributed by atoms with Crippen LogP contribution in [0.3, 0.4) is 0 Å². The highest BCUT2D eigenvalue weighted by Crippen LogP contribution is 2.19. The van der Waals surface area contributed by atoms with Gasteiger partial charge in [0.2, 0.25) is 0 Å². The Kier molecular flexibility index (Phi) is 2.49. The zero-order valence-electron chi connectivity index (χ0n) is 7.81. The summed E-state index contributed by atoms with van der Waals surface area (Å²) in [5, 5.41) is 8.97. The highest BCUT2D eigenvalue weighted by atomic mass is 16.3. The molecular weight excluding hydrogens is 182 g/mol. The lowest BCUT2D eigenvalue weighted by molar-refractivity contribution is 0.238. The van der Waals surface area contributed by atoms with Crippen LogP contribution in [0.4, 0.5) is 5.82 Å². The van der Waals surface area contributed by atoms with Crippen molar-refractivity contribution in [3.05, 3.63) is 22.7 Å². The van der Waals surface area contributed by atoms with Gasteiger partial charge in [-0.2, -0.15) is 0 Å². The van der Waals surface area contributed by atoms with E-state index in [1.165, 1.54) is 12.4 Å². The summed E-state index contributed by atoms with van der Waals surface area (Å²) in [6, 6.07) is 1.49. The van der Waals surface area contributed by atoms with Crippen LogP contribution in [0.25, 0.3) is 0 Å². The highest BCUT2D eigenvalue weighted by molar-refractivity contribution is 5.37. The lowest BCUT2D eigenvalue weighted by Gasteiger charge is -2.15. The van der Waals surface area contributed by atoms with Crippen molar-refractivity contribution in [2.75, 3.05) is 24.6 Å². The van der Waals surface area contributed by atoms with Crippen molar-refractivity contribution in [1.29, 1.82) is 0 Å². The normalized spacial score (nSPS) is 21.5. The molecule has 14 heavy (non-hydrogen) atoms. The maximum absolute atomic E-state index is 11.0. The summed E-state index contributed by atoms with van der Waals surface area (Å²) in [6.45, 7) is 1.86. The van der Waals surface area contributed by atoms with Gasteiger partial charge in [0.15, 0.2) is 0 Å². The predicted octanol–water partition coefficient (Wildman–Crippen LogP) is -0.412. The molecule has 0 saturated carbocycles. The van der Waals surface area contributed by atoms with Crippen LogP contribution in [0.15, 0.2) is 17.2 Å². The molecule has 1 saturated heterocycles. The Balaban J connectivity index is 2.13. The number of aliphatic hydroxyl groups excluding tert-OH is 1. The summed E-state index contributed by atoms with van der Waals surface area (Å²) in [5.74, 6) is 1.01. The molecule has 1 aromatic rings. The number of nitrogens with zero attached hydrogens (tertiary/aromatic N) is 2. The number of H-pyrrole nitrogens is 1. The lowest BCUT2D eigenvalue weighted by atomic mass is 10.1. The van der Waals surface area contributed by atoms with Gasteiger partial charge in [0, 0.05) is 31.7 Å². The van der Waals surface area contributed by atoms with Crippen LogP contribution in [-0.4, -0.2) is 34.8 Å². The number of rotatable bonds is 2. The van der Waals surface area contributed by atoms with E-state index in [9.17, 15) is 4.79 Å². The second-order valence-electron chi connectivity index (χ2n) is 3.55. The van der Waals surface area contributed by atoms with Gasteiger partial charge in [-0.25, -0.2) is 4.98 Å². The van der Waals surface area contributed by atoms with Crippen molar-refractivity contribution in [3.8, 4) is 0 Å². The molecule has 1 unspecified atom stereocenters. The minimum atomic E-state index is -0.137. The Hall–Kier alpha value is -1.36. The van der Waals surface area contributed by atoms with E-state index >= 15 is 0 Å². The van der Waals surface area contributed by atoms with E-state index in [1.54, 1.807) is 0 Å². The van der Waals surface area contributed by atoms with Crippen molar-refractivity contribution in [1.82, 2.24) is 9.97 Å². The third-order valence-corrected chi connectivity index (χ3v) is 2.53. The van der Waals surface area contributed by atoms with E-state index in [0.29, 0.717) is 11.7 Å². The van der Waals surface area contributed by atoms with Gasteiger partial charge in [-0.3, -0.25) is 4.79 Å². The van der Waals surface area contributed by atoms with Gasteiger partial charge in [-0.05, 0) is 6.42 Å². The van der Waals surface area contributed by atoms with Crippen LogP contribution in [0.5, 0.6) is 0 Å². The molecule has 0 bridgehead atoms. The molecule has 0 aliphatic carbocycles. The molecule has 2 rings (SSSR count). The molecule has 76 valence electrons. The molecular formula is C9H13N3O2. The quantitative estimate of drug-likeness (QED) is 0.673. The molecule has 0 amide bonds. The van der Waals surface area contributed by atoms with Crippen LogP contribution in [0, 0.1) is 5.92 Å². The zero-order valence-corrected chi connectivity index (χ0v) is 7.81. The second kappa shape index (κ2) is 3.79. The van der Waals surface area contributed by atoms with Gasteiger partial charge < -0.3 is 15.0 Å². The molecule has 0 aromatic carbocycles. The summed E-state index contributed by atoms with van der Waals surface area (Å²) < 4.78 is 0. The first-order valence-electron chi connectivity index (χ1n) is 4.70. The summed E-state index contributed by atoms with van der Waals surface area (Å²) in [5.41, 5.74) is -0.137. The number of nitrogens with one attached hydrogen (secondary N) is 1. The van der Waals surface area contributed by atoms with Crippen LogP contribution in [0.2, 0.25) is 0 Å². The number of anilines is 1. The van der Waals surface area contributed by atoms with Gasteiger partial charge >= 0.3 is 0 Å². The Bertz CT molecular complexity index is 363. The molecule has 1 aromatic heterocycles. The number of aromatic amines is 1. The van der Waals surface area contributed by atoms with Gasteiger partial charge in [-0.15, -0.1) is 0 Å². The lowest BCUT2D eigenvalue weighted by Crippen LogP contribution is -2.23. The van der Waals surface area contributed by atoms with Gasteiger partial charge in [-0.1, -0.05) is 0 Å². The SMILES string of the molecule is O=c1cc(N2CCC(CO)C2)nc[nH]1.